The predicted octanol–water partition coefficient (Wildman–Crippen LogP) is 7.27. The monoisotopic (exact) mass is 1190 g/mol. The van der Waals surface area contributed by atoms with Crippen molar-refractivity contribution in [2.45, 2.75) is 4.22 Å². The second kappa shape index (κ2) is 7.54. The Bertz CT molecular complexity index is 159. The molecule has 0 bridgehead atoms. The van der Waals surface area contributed by atoms with Crippen molar-refractivity contribution in [3.05, 3.63) is 0 Å². The van der Waals surface area contributed by atoms with E-state index in [9.17, 15) is 0 Å². The molecular weight excluding hydrogens is 1190 g/mol. The number of rotatable bonds is 3. The molecule has 0 rings (SSSR count). The Labute approximate surface area is 201 Å². The van der Waals surface area contributed by atoms with Crippen LogP contribution in [0.15, 0.2) is 0 Å². The number of hydrogen-bond acceptors (Lipinski definition) is 0. The van der Waals surface area contributed by atoms with Crippen LogP contribution in [0.4, 0.5) is 0 Å². The molecule has 0 radical (unpaired) electrons. The molecule has 9 heteroatoms. The molecular formula is C4HI9. The quantitative estimate of drug-likeness (QED) is 0.206. The lowest BCUT2D eigenvalue weighted by molar-refractivity contribution is 0.859. The molecule has 0 aliphatic carbocycles. The first-order valence-corrected chi connectivity index (χ1v) is 12.6. The highest BCUT2D eigenvalue weighted by atomic mass is 127. The molecule has 0 heterocycles. The SMILES string of the molecule is IC(I)C(I)(C(I)(I)I)C(I)(I)I. The molecule has 0 fully saturated rings. The van der Waals surface area contributed by atoms with E-state index in [1.54, 1.807) is 0 Å². The molecule has 0 N–H and O–H groups in total. The fraction of sp³-hybridized carbons (Fsp3) is 1.00. The summed E-state index contributed by atoms with van der Waals surface area (Å²) < 4.78 is 1.27. The van der Waals surface area contributed by atoms with Gasteiger partial charge in [-0.05, 0) is 0 Å². The second-order valence-electron chi connectivity index (χ2n) is 2.01. The van der Waals surface area contributed by atoms with Crippen LogP contribution in [0.2, 0.25) is 0 Å². The standard InChI is InChI=1S/C4HI9/c5-1(6)2(7,3(8,9)10)4(11,12)13/h1H. The van der Waals surface area contributed by atoms with E-state index in [1.165, 1.54) is 0 Å². The average molecular weight is 1190 g/mol. The van der Waals surface area contributed by atoms with Crippen molar-refractivity contribution in [1.82, 2.24) is 0 Å². The maximum Gasteiger partial charge on any atom is 0.143 e. The summed E-state index contributed by atoms with van der Waals surface area (Å²) in [5, 5.41) is 0. The van der Waals surface area contributed by atoms with Crippen LogP contribution in [-0.2, 0) is 0 Å². The highest BCUT2D eigenvalue weighted by molar-refractivity contribution is 14.3. The van der Waals surface area contributed by atoms with Gasteiger partial charge in [0.1, 0.15) is 2.29 Å². The third kappa shape index (κ3) is 5.46. The number of hydrogen-bond donors (Lipinski definition) is 0. The zero-order chi connectivity index (χ0) is 11.1. The van der Waals surface area contributed by atoms with Gasteiger partial charge in [0.25, 0.3) is 0 Å². The highest BCUT2D eigenvalue weighted by Crippen LogP contribution is 2.66. The van der Waals surface area contributed by atoms with Crippen LogP contribution in [0.3, 0.4) is 0 Å². The lowest BCUT2D eigenvalue weighted by Gasteiger charge is -2.43. The molecule has 0 aromatic carbocycles. The molecule has 0 amide bonds. The van der Waals surface area contributed by atoms with Crippen molar-refractivity contribution in [1.29, 1.82) is 0 Å². The summed E-state index contributed by atoms with van der Waals surface area (Å²) >= 11 is 22.9. The summed E-state index contributed by atoms with van der Waals surface area (Å²) in [5.41, 5.74) is 0. The predicted molar refractivity (Wildman–Crippen MR) is 138 cm³/mol. The van der Waals surface area contributed by atoms with Gasteiger partial charge >= 0.3 is 0 Å². The van der Waals surface area contributed by atoms with Crippen LogP contribution in [0.25, 0.3) is 0 Å². The van der Waals surface area contributed by atoms with Gasteiger partial charge < -0.3 is 0 Å². The van der Waals surface area contributed by atoms with Gasteiger partial charge in [0.05, 0.1) is 1.93 Å². The summed E-state index contributed by atoms with van der Waals surface area (Å²) in [6, 6.07) is 0. The van der Waals surface area contributed by atoms with Crippen molar-refractivity contribution < 1.29 is 0 Å². The summed E-state index contributed by atoms with van der Waals surface area (Å²) in [5.74, 6) is 0. The van der Waals surface area contributed by atoms with Gasteiger partial charge in [-0.2, -0.15) is 0 Å². The summed E-state index contributed by atoms with van der Waals surface area (Å²) in [6.45, 7) is 0. The van der Waals surface area contributed by atoms with Crippen LogP contribution in [0.1, 0.15) is 0 Å². The van der Waals surface area contributed by atoms with E-state index < -0.39 is 0 Å². The average Bonchev–Trinajstić information content (AvgIpc) is 1.80. The van der Waals surface area contributed by atoms with Crippen molar-refractivity contribution >= 4 is 203 Å². The fourth-order valence-corrected chi connectivity index (χ4v) is 18.4. The molecule has 0 atom stereocenters. The Balaban J connectivity index is 5.22. The minimum atomic E-state index is 0.220. The molecule has 0 saturated carbocycles. The van der Waals surface area contributed by atoms with E-state index in [4.69, 9.17) is 0 Å². The molecule has 0 saturated heterocycles. The lowest BCUT2D eigenvalue weighted by atomic mass is 10.3. The van der Waals surface area contributed by atoms with Crippen LogP contribution >= 0.6 is 203 Å². The third-order valence-corrected chi connectivity index (χ3v) is 18.9. The zero-order valence-corrected chi connectivity index (χ0v) is 24.9. The van der Waals surface area contributed by atoms with E-state index in [0.29, 0.717) is 1.93 Å². The Morgan fingerprint density at radius 3 is 0.846 bits per heavy atom. The van der Waals surface area contributed by atoms with Gasteiger partial charge in [-0.15, -0.1) is 0 Å². The minimum absolute atomic E-state index is 0.220. The third-order valence-electron chi connectivity index (χ3n) is 1.13. The summed E-state index contributed by atoms with van der Waals surface area (Å²) in [4.78, 5) is 0. The molecule has 80 valence electrons. The normalized spacial score (nSPS) is 15.2. The molecule has 0 aromatic heterocycles. The van der Waals surface area contributed by atoms with Crippen molar-refractivity contribution in [2.24, 2.45) is 0 Å². The minimum Gasteiger partial charge on any atom is -0.0704 e. The maximum atomic E-state index is 2.62. The lowest BCUT2D eigenvalue weighted by Crippen LogP contribution is -2.50. The molecule has 0 nitrogen and oxygen atoms in total. The van der Waals surface area contributed by atoms with Gasteiger partial charge in [-0.3, -0.25) is 0 Å². The van der Waals surface area contributed by atoms with E-state index in [-0.39, 0.29) is 2.29 Å². The molecule has 0 aromatic rings. The first-order chi connectivity index (χ1) is 5.44. The van der Waals surface area contributed by atoms with E-state index >= 15 is 0 Å². The van der Waals surface area contributed by atoms with Crippen molar-refractivity contribution in [3.8, 4) is 0 Å². The zero-order valence-electron chi connectivity index (χ0n) is 5.48. The largest absolute Gasteiger partial charge is 0.143 e. The second-order valence-corrected chi connectivity index (χ2v) is 30.7. The van der Waals surface area contributed by atoms with Gasteiger partial charge in [-0.1, -0.05) is 203 Å². The van der Waals surface area contributed by atoms with E-state index in [2.05, 4.69) is 203 Å². The first kappa shape index (κ1) is 19.6. The Morgan fingerprint density at radius 2 is 0.846 bits per heavy atom. The molecule has 0 aliphatic heterocycles. The summed E-state index contributed by atoms with van der Waals surface area (Å²) in [6.07, 6.45) is 0. The molecule has 0 spiro atoms. The van der Waals surface area contributed by atoms with Gasteiger partial charge in [0.2, 0.25) is 0 Å². The molecule has 0 aliphatic rings. The van der Waals surface area contributed by atoms with Crippen LogP contribution < -0.4 is 0 Å². The van der Waals surface area contributed by atoms with Crippen LogP contribution in [0.5, 0.6) is 0 Å². The number of halogens is 9. The number of alkyl halides is 9. The van der Waals surface area contributed by atoms with Gasteiger partial charge in [0.15, 0.2) is 0 Å². The topological polar surface area (TPSA) is 0 Å². The van der Waals surface area contributed by atoms with Crippen molar-refractivity contribution in [2.75, 3.05) is 0 Å². The Kier molecular flexibility index (Phi) is 11.4. The van der Waals surface area contributed by atoms with Gasteiger partial charge in [-0.25, -0.2) is 0 Å². The molecule has 0 unspecified atom stereocenters. The Hall–Kier alpha value is 6.57. The van der Waals surface area contributed by atoms with Crippen LogP contribution in [0, 0.1) is 0 Å². The fourth-order valence-electron chi connectivity index (χ4n) is 0.408. The van der Waals surface area contributed by atoms with Gasteiger partial charge in [0, 0.05) is 0 Å². The maximum absolute atomic E-state index is 2.62. The van der Waals surface area contributed by atoms with E-state index in [1.807, 2.05) is 0 Å². The smallest absolute Gasteiger partial charge is 0.0704 e. The Morgan fingerprint density at radius 1 is 0.615 bits per heavy atom. The van der Waals surface area contributed by atoms with Crippen molar-refractivity contribution in [3.63, 3.8) is 0 Å². The molecule has 13 heavy (non-hydrogen) atoms. The summed E-state index contributed by atoms with van der Waals surface area (Å²) in [7, 11) is 0. The first-order valence-electron chi connectivity index (χ1n) is 2.55. The van der Waals surface area contributed by atoms with E-state index in [0.717, 1.165) is 0 Å². The highest BCUT2D eigenvalue weighted by Gasteiger charge is 2.59. The van der Waals surface area contributed by atoms with Crippen LogP contribution in [-0.4, -0.2) is 4.22 Å².